The Morgan fingerprint density at radius 2 is 2.05 bits per heavy atom. The van der Waals surface area contributed by atoms with Crippen molar-refractivity contribution in [3.63, 3.8) is 0 Å². The van der Waals surface area contributed by atoms with Crippen molar-refractivity contribution in [3.05, 3.63) is 23.8 Å². The van der Waals surface area contributed by atoms with Crippen LogP contribution in [0.4, 0.5) is 12.9 Å². The molecule has 2 unspecified atom stereocenters. The summed E-state index contributed by atoms with van der Waals surface area (Å²) < 4.78 is 49.1. The van der Waals surface area contributed by atoms with Gasteiger partial charge in [-0.25, -0.2) is 0 Å². The molecule has 1 aliphatic heterocycles. The third-order valence-corrected chi connectivity index (χ3v) is 3.35. The molecule has 106 valence electrons. The molecule has 0 amide bonds. The van der Waals surface area contributed by atoms with E-state index in [1.165, 1.54) is 19.1 Å². The summed E-state index contributed by atoms with van der Waals surface area (Å²) in [7, 11) is 0. The Hall–Kier alpha value is -1.17. The Morgan fingerprint density at radius 1 is 1.32 bits per heavy atom. The molecule has 1 aromatic carbocycles. The van der Waals surface area contributed by atoms with Crippen molar-refractivity contribution >= 4 is 12.4 Å². The van der Waals surface area contributed by atoms with Gasteiger partial charge in [-0.05, 0) is 38.8 Å². The van der Waals surface area contributed by atoms with Crippen molar-refractivity contribution in [1.82, 2.24) is 0 Å². The average Bonchev–Trinajstić information content (AvgIpc) is 2.71. The Bertz CT molecular complexity index is 448. The summed E-state index contributed by atoms with van der Waals surface area (Å²) in [6.45, 7) is -1.11. The lowest BCUT2D eigenvalue weighted by molar-refractivity contribution is 0.0264. The van der Waals surface area contributed by atoms with Crippen LogP contribution in [0.2, 0.25) is 0 Å². The van der Waals surface area contributed by atoms with Crippen LogP contribution in [0.3, 0.4) is 0 Å². The van der Waals surface area contributed by atoms with E-state index < -0.39 is 12.4 Å². The van der Waals surface area contributed by atoms with Crippen LogP contribution in [-0.4, -0.2) is 25.8 Å². The van der Waals surface area contributed by atoms with Crippen LogP contribution in [0.1, 0.15) is 25.3 Å². The molecule has 0 N–H and O–H groups in total. The molecule has 19 heavy (non-hydrogen) atoms. The smallest absolute Gasteiger partial charge is 0.491 e. The lowest BCUT2D eigenvalue weighted by atomic mass is 9.77. The second-order valence-electron chi connectivity index (χ2n) is 5.05. The summed E-state index contributed by atoms with van der Waals surface area (Å²) in [5.41, 5.74) is -0.358. The number of rotatable bonds is 4. The van der Waals surface area contributed by atoms with E-state index in [0.717, 1.165) is 18.9 Å². The first kappa shape index (κ1) is 14.2. The largest absolute Gasteiger partial charge is 0.509 e. The van der Waals surface area contributed by atoms with E-state index in [9.17, 15) is 12.9 Å². The van der Waals surface area contributed by atoms with Gasteiger partial charge in [0.25, 0.3) is 0 Å². The molecule has 2 nitrogen and oxygen atoms in total. The van der Waals surface area contributed by atoms with Crippen LogP contribution in [0.5, 0.6) is 5.75 Å². The maximum atomic E-state index is 12.7. The Morgan fingerprint density at radius 3 is 2.58 bits per heavy atom. The predicted octanol–water partition coefficient (Wildman–Crippen LogP) is 3.00. The molecule has 0 aliphatic carbocycles. The minimum atomic E-state index is -4.95. The van der Waals surface area contributed by atoms with Crippen LogP contribution in [0.15, 0.2) is 18.2 Å². The molecule has 0 bridgehead atoms. The van der Waals surface area contributed by atoms with E-state index in [1.54, 1.807) is 0 Å². The summed E-state index contributed by atoms with van der Waals surface area (Å²) in [6.07, 6.45) is 2.22. The van der Waals surface area contributed by atoms with E-state index in [2.05, 4.69) is 0 Å². The number of hydrogen-bond donors (Lipinski definition) is 0. The van der Waals surface area contributed by atoms with Gasteiger partial charge in [0.2, 0.25) is 0 Å². The number of ether oxygens (including phenoxy) is 2. The van der Waals surface area contributed by atoms with E-state index in [-0.39, 0.29) is 17.8 Å². The number of aryl methyl sites for hydroxylation is 1. The van der Waals surface area contributed by atoms with Crippen LogP contribution in [0, 0.1) is 6.92 Å². The Kier molecular flexibility index (Phi) is 4.09. The summed E-state index contributed by atoms with van der Waals surface area (Å²) in [6, 6.07) is 3.89. The molecule has 1 heterocycles. The number of halogens is 3. The molecule has 1 fully saturated rings. The van der Waals surface area contributed by atoms with Crippen LogP contribution < -0.4 is 10.2 Å². The molecule has 2 atom stereocenters. The summed E-state index contributed by atoms with van der Waals surface area (Å²) in [5.74, 6) is 0.462. The first-order valence-corrected chi connectivity index (χ1v) is 6.45. The van der Waals surface area contributed by atoms with E-state index in [0.29, 0.717) is 12.4 Å². The molecule has 1 saturated heterocycles. The quantitative estimate of drug-likeness (QED) is 0.785. The summed E-state index contributed by atoms with van der Waals surface area (Å²) in [5, 5.41) is 0. The highest BCUT2D eigenvalue weighted by atomic mass is 19.4. The van der Waals surface area contributed by atoms with Crippen molar-refractivity contribution in [1.29, 1.82) is 0 Å². The maximum absolute atomic E-state index is 12.7. The van der Waals surface area contributed by atoms with E-state index in [4.69, 9.17) is 9.47 Å². The second kappa shape index (κ2) is 5.45. The molecule has 0 aromatic heterocycles. The zero-order valence-electron chi connectivity index (χ0n) is 11.0. The van der Waals surface area contributed by atoms with Crippen molar-refractivity contribution in [2.75, 3.05) is 6.61 Å². The van der Waals surface area contributed by atoms with Gasteiger partial charge in [0, 0.05) is 0 Å². The molecule has 0 radical (unpaired) electrons. The van der Waals surface area contributed by atoms with Crippen molar-refractivity contribution in [3.8, 4) is 5.75 Å². The predicted molar refractivity (Wildman–Crippen MR) is 69.0 cm³/mol. The fourth-order valence-corrected chi connectivity index (χ4v) is 2.30. The fourth-order valence-electron chi connectivity index (χ4n) is 2.30. The van der Waals surface area contributed by atoms with Crippen LogP contribution in [-0.2, 0) is 4.74 Å². The third-order valence-electron chi connectivity index (χ3n) is 3.35. The topological polar surface area (TPSA) is 18.5 Å². The third kappa shape index (κ3) is 3.66. The molecule has 6 heteroatoms. The molecule has 2 rings (SSSR count). The van der Waals surface area contributed by atoms with E-state index >= 15 is 0 Å². The fraction of sp³-hybridized carbons (Fsp3) is 0.538. The normalized spacial score (nSPS) is 23.6. The van der Waals surface area contributed by atoms with Gasteiger partial charge < -0.3 is 22.4 Å². The average molecular weight is 273 g/mol. The first-order chi connectivity index (χ1) is 8.86. The van der Waals surface area contributed by atoms with Crippen molar-refractivity contribution < 1.29 is 22.4 Å². The van der Waals surface area contributed by atoms with Gasteiger partial charge in [-0.2, -0.15) is 0 Å². The molecular formula is C13H17BF3O2-. The minimum absolute atomic E-state index is 0.0433. The van der Waals surface area contributed by atoms with Gasteiger partial charge in [-0.1, -0.05) is 11.6 Å². The zero-order chi connectivity index (χ0) is 14.0. The monoisotopic (exact) mass is 273 g/mol. The second-order valence-corrected chi connectivity index (χ2v) is 5.05. The SMILES string of the molecule is Cc1cc(OCC2CCC(C)O2)ccc1[B-](F)(F)F. The van der Waals surface area contributed by atoms with Crippen molar-refractivity contribution in [2.45, 2.75) is 38.9 Å². The van der Waals surface area contributed by atoms with Gasteiger partial charge in [-0.3, -0.25) is 0 Å². The lowest BCUT2D eigenvalue weighted by Gasteiger charge is -2.19. The van der Waals surface area contributed by atoms with Gasteiger partial charge >= 0.3 is 6.98 Å². The molecule has 0 saturated carbocycles. The van der Waals surface area contributed by atoms with Gasteiger partial charge in [-0.15, -0.1) is 5.46 Å². The molecule has 1 aliphatic rings. The number of hydrogen-bond acceptors (Lipinski definition) is 2. The summed E-state index contributed by atoms with van der Waals surface area (Å²) in [4.78, 5) is 0. The number of benzene rings is 1. The molecular weight excluding hydrogens is 256 g/mol. The Balaban J connectivity index is 1.97. The maximum Gasteiger partial charge on any atom is 0.509 e. The van der Waals surface area contributed by atoms with E-state index in [1.807, 2.05) is 6.92 Å². The van der Waals surface area contributed by atoms with Crippen LogP contribution in [0.25, 0.3) is 0 Å². The minimum Gasteiger partial charge on any atom is -0.491 e. The van der Waals surface area contributed by atoms with Gasteiger partial charge in [0.15, 0.2) is 0 Å². The lowest BCUT2D eigenvalue weighted by Crippen LogP contribution is -2.36. The first-order valence-electron chi connectivity index (χ1n) is 6.45. The van der Waals surface area contributed by atoms with Gasteiger partial charge in [0.1, 0.15) is 12.4 Å². The highest BCUT2D eigenvalue weighted by molar-refractivity contribution is 6.74. The molecule has 1 aromatic rings. The van der Waals surface area contributed by atoms with Crippen molar-refractivity contribution in [2.24, 2.45) is 0 Å². The Labute approximate surface area is 111 Å². The standard InChI is InChI=1S/C13H17BF3O2/c1-9-7-11(5-6-13(9)14(15,16)17)18-8-12-4-3-10(2)19-12/h5-7,10,12H,3-4,8H2,1-2H3/q-1. The highest BCUT2D eigenvalue weighted by Crippen LogP contribution is 2.21. The van der Waals surface area contributed by atoms with Crippen LogP contribution >= 0.6 is 0 Å². The highest BCUT2D eigenvalue weighted by Gasteiger charge is 2.27. The molecule has 0 spiro atoms. The summed E-state index contributed by atoms with van der Waals surface area (Å²) >= 11 is 0. The van der Waals surface area contributed by atoms with Gasteiger partial charge in [0.05, 0.1) is 12.2 Å². The zero-order valence-corrected chi connectivity index (χ0v) is 11.0.